The molecule has 2 N–H and O–H groups in total. The Labute approximate surface area is 261 Å². The van der Waals surface area contributed by atoms with Crippen molar-refractivity contribution in [2.24, 2.45) is 0 Å². The molecule has 0 aliphatic heterocycles. The molecule has 0 spiro atoms. The van der Waals surface area contributed by atoms with Crippen LogP contribution in [0.25, 0.3) is 0 Å². The van der Waals surface area contributed by atoms with Crippen molar-refractivity contribution in [1.82, 2.24) is 10.2 Å². The molecule has 0 aromatic heterocycles. The summed E-state index contributed by atoms with van der Waals surface area (Å²) >= 11 is 6.51. The fourth-order valence-electron chi connectivity index (χ4n) is 4.89. The van der Waals surface area contributed by atoms with E-state index in [1.165, 1.54) is 0 Å². The summed E-state index contributed by atoms with van der Waals surface area (Å²) in [6, 6.07) is 20.3. The van der Waals surface area contributed by atoms with E-state index in [-0.39, 0.29) is 6.42 Å². The number of benzene rings is 3. The van der Waals surface area contributed by atoms with Crippen LogP contribution in [-0.4, -0.2) is 40.0 Å². The van der Waals surface area contributed by atoms with Crippen LogP contribution >= 0.6 is 11.6 Å². The first-order valence-corrected chi connectivity index (χ1v) is 15.0. The summed E-state index contributed by atoms with van der Waals surface area (Å²) in [7, 11) is 0. The second kappa shape index (κ2) is 14.1. The average Bonchev–Trinajstić information content (AvgIpc) is 2.93. The van der Waals surface area contributed by atoms with E-state index in [0.717, 1.165) is 16.7 Å². The minimum atomic E-state index is -1.03. The lowest BCUT2D eigenvalue weighted by Crippen LogP contribution is -2.59. The molecule has 230 valence electrons. The van der Waals surface area contributed by atoms with Gasteiger partial charge in [0.2, 0.25) is 5.91 Å². The number of halogens is 1. The molecular weight excluding hydrogens is 562 g/mol. The van der Waals surface area contributed by atoms with Gasteiger partial charge in [0.15, 0.2) is 0 Å². The van der Waals surface area contributed by atoms with Gasteiger partial charge in [-0.15, -0.1) is 0 Å². The lowest BCUT2D eigenvalue weighted by Gasteiger charge is -2.45. The highest BCUT2D eigenvalue weighted by molar-refractivity contribution is 6.34. The maximum Gasteiger partial charge on any atom is 0.408 e. The molecule has 0 bridgehead atoms. The van der Waals surface area contributed by atoms with Crippen LogP contribution in [0, 0.1) is 13.8 Å². The van der Waals surface area contributed by atoms with Crippen molar-refractivity contribution in [3.8, 4) is 0 Å². The van der Waals surface area contributed by atoms with E-state index in [4.69, 9.17) is 16.3 Å². The van der Waals surface area contributed by atoms with Crippen molar-refractivity contribution in [2.75, 3.05) is 5.32 Å². The van der Waals surface area contributed by atoms with E-state index >= 15 is 0 Å². The Bertz CT molecular complexity index is 1410. The molecule has 3 aromatic carbocycles. The van der Waals surface area contributed by atoms with Gasteiger partial charge in [0.25, 0.3) is 5.91 Å². The van der Waals surface area contributed by atoms with Crippen LogP contribution in [-0.2, 0) is 20.7 Å². The van der Waals surface area contributed by atoms with Crippen molar-refractivity contribution in [2.45, 2.75) is 91.5 Å². The zero-order valence-corrected chi connectivity index (χ0v) is 27.2. The average molecular weight is 606 g/mol. The van der Waals surface area contributed by atoms with Crippen LogP contribution < -0.4 is 10.6 Å². The molecule has 2 atom stereocenters. The highest BCUT2D eigenvalue weighted by Gasteiger charge is 2.43. The van der Waals surface area contributed by atoms with E-state index in [2.05, 4.69) is 10.6 Å². The van der Waals surface area contributed by atoms with Crippen molar-refractivity contribution >= 4 is 35.2 Å². The monoisotopic (exact) mass is 605 g/mol. The van der Waals surface area contributed by atoms with Gasteiger partial charge in [0, 0.05) is 12.0 Å². The molecule has 0 radical (unpaired) electrons. The molecule has 2 unspecified atom stereocenters. The van der Waals surface area contributed by atoms with Crippen LogP contribution in [0.15, 0.2) is 72.8 Å². The normalized spacial score (nSPS) is 13.0. The second-order valence-corrected chi connectivity index (χ2v) is 12.9. The van der Waals surface area contributed by atoms with E-state index < -0.39 is 41.1 Å². The first kappa shape index (κ1) is 33.7. The lowest BCUT2D eigenvalue weighted by atomic mass is 9.89. The number of para-hydroxylation sites is 1. The number of anilines is 1. The van der Waals surface area contributed by atoms with E-state index in [1.54, 1.807) is 31.7 Å². The number of alkyl carbamates (subject to hydrolysis) is 1. The highest BCUT2D eigenvalue weighted by Crippen LogP contribution is 2.36. The molecule has 0 aliphatic carbocycles. The zero-order chi connectivity index (χ0) is 31.9. The van der Waals surface area contributed by atoms with Gasteiger partial charge in [-0.25, -0.2) is 4.79 Å². The molecule has 0 fully saturated rings. The summed E-state index contributed by atoms with van der Waals surface area (Å²) < 4.78 is 5.55. The smallest absolute Gasteiger partial charge is 0.408 e. The van der Waals surface area contributed by atoms with Gasteiger partial charge in [-0.3, -0.25) is 9.59 Å². The lowest BCUT2D eigenvalue weighted by molar-refractivity contribution is -0.147. The van der Waals surface area contributed by atoms with Gasteiger partial charge >= 0.3 is 6.09 Å². The van der Waals surface area contributed by atoms with Gasteiger partial charge in [0.1, 0.15) is 17.7 Å². The number of hydrogen-bond donors (Lipinski definition) is 2. The number of amides is 3. The number of nitrogens with one attached hydrogen (secondary N) is 2. The van der Waals surface area contributed by atoms with Crippen LogP contribution in [0.3, 0.4) is 0 Å². The maximum atomic E-state index is 14.8. The predicted molar refractivity (Wildman–Crippen MR) is 173 cm³/mol. The summed E-state index contributed by atoms with van der Waals surface area (Å²) in [5.41, 5.74) is 2.12. The molecule has 8 heteroatoms. The summed E-state index contributed by atoms with van der Waals surface area (Å²) in [5.74, 6) is -0.808. The second-order valence-electron chi connectivity index (χ2n) is 12.4. The maximum absolute atomic E-state index is 14.8. The van der Waals surface area contributed by atoms with Crippen molar-refractivity contribution in [3.63, 3.8) is 0 Å². The number of rotatable bonds is 10. The van der Waals surface area contributed by atoms with E-state index in [1.807, 2.05) is 101 Å². The number of carbonyl (C=O) groups is 3. The molecule has 3 rings (SSSR count). The van der Waals surface area contributed by atoms with Crippen LogP contribution in [0.1, 0.15) is 76.3 Å². The Morgan fingerprint density at radius 1 is 0.860 bits per heavy atom. The zero-order valence-electron chi connectivity index (χ0n) is 26.5. The van der Waals surface area contributed by atoms with Gasteiger partial charge in [0.05, 0.1) is 10.7 Å². The molecular formula is C35H44ClN3O4. The van der Waals surface area contributed by atoms with Crippen molar-refractivity contribution in [3.05, 3.63) is 100 Å². The van der Waals surface area contributed by atoms with E-state index in [0.29, 0.717) is 22.7 Å². The third-order valence-electron chi connectivity index (χ3n) is 7.49. The molecule has 0 saturated heterocycles. The Morgan fingerprint density at radius 3 is 2.05 bits per heavy atom. The highest BCUT2D eigenvalue weighted by atomic mass is 35.5. The van der Waals surface area contributed by atoms with E-state index in [9.17, 15) is 14.4 Å². The third kappa shape index (κ3) is 8.83. The molecule has 43 heavy (non-hydrogen) atoms. The van der Waals surface area contributed by atoms with Gasteiger partial charge < -0.3 is 20.3 Å². The summed E-state index contributed by atoms with van der Waals surface area (Å²) in [6.07, 6.45) is 0.0462. The number of nitrogens with zero attached hydrogens (tertiary/aromatic N) is 1. The van der Waals surface area contributed by atoms with Crippen molar-refractivity contribution < 1.29 is 19.1 Å². The summed E-state index contributed by atoms with van der Waals surface area (Å²) in [4.78, 5) is 43.9. The minimum absolute atomic E-state index is 0.209. The number of aryl methyl sites for hydroxylation is 2. The van der Waals surface area contributed by atoms with Crippen LogP contribution in [0.5, 0.6) is 0 Å². The van der Waals surface area contributed by atoms with Crippen LogP contribution in [0.4, 0.5) is 10.5 Å². The first-order chi connectivity index (χ1) is 20.1. The summed E-state index contributed by atoms with van der Waals surface area (Å²) in [6.45, 7) is 14.9. The number of ether oxygens (including phenoxy) is 1. The third-order valence-corrected chi connectivity index (χ3v) is 7.80. The Balaban J connectivity index is 2.18. The topological polar surface area (TPSA) is 87.7 Å². The fourth-order valence-corrected chi connectivity index (χ4v) is 5.15. The molecule has 3 aromatic rings. The minimum Gasteiger partial charge on any atom is -0.444 e. The quantitative estimate of drug-likeness (QED) is 0.247. The molecule has 3 amide bonds. The van der Waals surface area contributed by atoms with Gasteiger partial charge in [-0.2, -0.15) is 0 Å². The van der Waals surface area contributed by atoms with Gasteiger partial charge in [-0.05, 0) is 83.2 Å². The Hall–Kier alpha value is -3.84. The van der Waals surface area contributed by atoms with Crippen LogP contribution in [0.2, 0.25) is 5.02 Å². The molecule has 0 heterocycles. The number of hydrogen-bond acceptors (Lipinski definition) is 4. The predicted octanol–water partition coefficient (Wildman–Crippen LogP) is 7.79. The largest absolute Gasteiger partial charge is 0.444 e. The Kier molecular flexibility index (Phi) is 11.0. The molecule has 0 saturated carbocycles. The Morgan fingerprint density at radius 2 is 1.47 bits per heavy atom. The molecule has 0 aliphatic rings. The number of carbonyl (C=O) groups excluding carboxylic acids is 3. The van der Waals surface area contributed by atoms with Gasteiger partial charge in [-0.1, -0.05) is 85.3 Å². The SMILES string of the molecule is CCC(C)(C)N(C(=O)C(Cc1ccccc1)NC(=O)OC(C)(C)C)C(C(=O)Nc1c(C)cccc1Cl)c1ccccc1C. The standard InChI is InChI=1S/C35H44ClN3O4/c1-9-35(7,8)39(32(41)28(22-25-18-11-10-12-19-25)37-33(42)43-34(4,5)6)30(26-20-14-13-16-23(26)2)31(40)38-29-24(3)17-15-21-27(29)36/h10-21,28,30H,9,22H2,1-8H3,(H,37,42)(H,38,40). The molecule has 7 nitrogen and oxygen atoms in total. The first-order valence-electron chi connectivity index (χ1n) is 14.6. The summed E-state index contributed by atoms with van der Waals surface area (Å²) in [5, 5.41) is 6.24. The fraction of sp³-hybridized carbons (Fsp3) is 0.400. The van der Waals surface area contributed by atoms with Crippen molar-refractivity contribution in [1.29, 1.82) is 0 Å².